The zero-order valence-corrected chi connectivity index (χ0v) is 33.5. The standard InChI is InChI=1S/C42H51NO15/c1-8-42(51)17-28(32-21(36(42)41(50)52-7)15-22-33(38(32)48)39(49)35-26(46)10-9-25(45)34(35)37(22)47)57-31-16-23(43(5)6)40(20(4)55-31)58-30-14-12-27(19(3)54-30)56-29-13-11-24(44)18(2)53-29/h9-11,13,15,18-20,23,27-31,36,40,45-46,48,51H,8,12,14,16-17H2,1-7H3. The Balaban J connectivity index is 1.14. The van der Waals surface area contributed by atoms with Crippen LogP contribution in [0.1, 0.15) is 115 Å². The molecule has 3 aliphatic heterocycles. The number of likely N-dealkylation sites (N-methyl/N-ethyl adjacent to an activating group) is 1. The van der Waals surface area contributed by atoms with Gasteiger partial charge in [0.25, 0.3) is 0 Å². The zero-order chi connectivity index (χ0) is 42.0. The van der Waals surface area contributed by atoms with Gasteiger partial charge in [-0.3, -0.25) is 19.2 Å². The molecule has 0 saturated carbocycles. The minimum Gasteiger partial charge on any atom is -0.507 e. The van der Waals surface area contributed by atoms with Crippen LogP contribution in [0.4, 0.5) is 0 Å². The van der Waals surface area contributed by atoms with E-state index in [0.717, 1.165) is 19.2 Å². The highest BCUT2D eigenvalue weighted by molar-refractivity contribution is 6.31. The van der Waals surface area contributed by atoms with Gasteiger partial charge >= 0.3 is 5.97 Å². The first-order valence-electron chi connectivity index (χ1n) is 19.6. The molecule has 2 saturated heterocycles. The average molecular weight is 810 g/mol. The van der Waals surface area contributed by atoms with Crippen LogP contribution in [-0.4, -0.2) is 131 Å². The summed E-state index contributed by atoms with van der Waals surface area (Å²) >= 11 is 0. The normalized spacial score (nSPS) is 34.7. The number of fused-ring (bicyclic) bond motifs is 3. The number of hydrogen-bond donors (Lipinski definition) is 4. The molecule has 12 atom stereocenters. The van der Waals surface area contributed by atoms with E-state index in [1.54, 1.807) is 19.9 Å². The Labute approximate surface area is 335 Å². The number of rotatable bonds is 9. The zero-order valence-electron chi connectivity index (χ0n) is 33.5. The third-order valence-electron chi connectivity index (χ3n) is 12.2. The number of methoxy groups -OCH3 is 1. The van der Waals surface area contributed by atoms with Crippen LogP contribution in [-0.2, 0) is 42.7 Å². The molecule has 0 bridgehead atoms. The summed E-state index contributed by atoms with van der Waals surface area (Å²) in [5, 5.41) is 45.3. The van der Waals surface area contributed by atoms with Crippen molar-refractivity contribution in [3.63, 3.8) is 0 Å². The Hall–Kier alpha value is -4.26. The maximum absolute atomic E-state index is 14.0. The van der Waals surface area contributed by atoms with E-state index in [-0.39, 0.29) is 60.0 Å². The number of phenolic OH excluding ortho intramolecular Hbond substituents is 3. The van der Waals surface area contributed by atoms with Crippen molar-refractivity contribution in [2.24, 2.45) is 0 Å². The molecule has 12 unspecified atom stereocenters. The summed E-state index contributed by atoms with van der Waals surface area (Å²) in [5.41, 5.74) is -3.45. The van der Waals surface area contributed by atoms with Crippen molar-refractivity contribution in [2.45, 2.75) is 133 Å². The number of benzene rings is 2. The van der Waals surface area contributed by atoms with Gasteiger partial charge in [0.05, 0.1) is 53.8 Å². The van der Waals surface area contributed by atoms with Gasteiger partial charge < -0.3 is 58.5 Å². The van der Waals surface area contributed by atoms with E-state index in [4.69, 9.17) is 33.2 Å². The summed E-state index contributed by atoms with van der Waals surface area (Å²) in [6, 6.07) is 3.13. The van der Waals surface area contributed by atoms with Crippen molar-refractivity contribution in [3.8, 4) is 17.2 Å². The molecule has 2 aromatic carbocycles. The molecule has 3 heterocycles. The fraction of sp³-hybridized carbons (Fsp3) is 0.571. The lowest BCUT2D eigenvalue weighted by Gasteiger charge is -2.48. The van der Waals surface area contributed by atoms with Crippen molar-refractivity contribution < 1.29 is 72.8 Å². The Morgan fingerprint density at radius 3 is 2.19 bits per heavy atom. The molecule has 2 aliphatic carbocycles. The maximum Gasteiger partial charge on any atom is 0.316 e. The molecule has 0 aromatic heterocycles. The van der Waals surface area contributed by atoms with E-state index in [2.05, 4.69) is 0 Å². The van der Waals surface area contributed by atoms with Crippen LogP contribution in [0.25, 0.3) is 0 Å². The van der Waals surface area contributed by atoms with Gasteiger partial charge in [-0.05, 0) is 83.6 Å². The first-order valence-corrected chi connectivity index (χ1v) is 19.6. The highest BCUT2D eigenvalue weighted by atomic mass is 16.7. The van der Waals surface area contributed by atoms with E-state index in [0.29, 0.717) is 12.8 Å². The molecule has 5 aliphatic rings. The van der Waals surface area contributed by atoms with Crippen LogP contribution in [0.2, 0.25) is 0 Å². The van der Waals surface area contributed by atoms with Gasteiger partial charge in [0.2, 0.25) is 5.78 Å². The molecule has 2 fully saturated rings. The van der Waals surface area contributed by atoms with Gasteiger partial charge in [-0.15, -0.1) is 0 Å². The minimum atomic E-state index is -1.79. The second-order valence-corrected chi connectivity index (χ2v) is 16.0. The largest absolute Gasteiger partial charge is 0.507 e. The topological polar surface area (TPSA) is 217 Å². The Morgan fingerprint density at radius 2 is 1.57 bits per heavy atom. The third kappa shape index (κ3) is 7.34. The van der Waals surface area contributed by atoms with Gasteiger partial charge in [0.1, 0.15) is 35.4 Å². The van der Waals surface area contributed by atoms with Crippen LogP contribution in [0.15, 0.2) is 30.4 Å². The van der Waals surface area contributed by atoms with Crippen molar-refractivity contribution in [2.75, 3.05) is 21.2 Å². The number of ketones is 3. The summed E-state index contributed by atoms with van der Waals surface area (Å²) < 4.78 is 42.8. The van der Waals surface area contributed by atoms with Crippen molar-refractivity contribution in [1.29, 1.82) is 0 Å². The number of hydrogen-bond acceptors (Lipinski definition) is 16. The summed E-state index contributed by atoms with van der Waals surface area (Å²) in [6.07, 6.45) is -1.32. The number of carbonyl (C=O) groups is 4. The second-order valence-electron chi connectivity index (χ2n) is 16.0. The van der Waals surface area contributed by atoms with Crippen LogP contribution in [0.5, 0.6) is 17.2 Å². The summed E-state index contributed by atoms with van der Waals surface area (Å²) in [5.74, 6) is -5.90. The first kappa shape index (κ1) is 41.9. The van der Waals surface area contributed by atoms with E-state index >= 15 is 0 Å². The van der Waals surface area contributed by atoms with Crippen molar-refractivity contribution in [1.82, 2.24) is 4.90 Å². The molecule has 0 amide bonds. The molecule has 0 spiro atoms. The second kappa shape index (κ2) is 16.1. The fourth-order valence-corrected chi connectivity index (χ4v) is 9.00. The highest BCUT2D eigenvalue weighted by Gasteiger charge is 2.53. The van der Waals surface area contributed by atoms with Crippen LogP contribution >= 0.6 is 0 Å². The maximum atomic E-state index is 14.0. The van der Waals surface area contributed by atoms with Gasteiger partial charge in [0, 0.05) is 36.4 Å². The molecular formula is C42H51NO15. The highest BCUT2D eigenvalue weighted by Crippen LogP contribution is 2.54. The van der Waals surface area contributed by atoms with Gasteiger partial charge in [-0.2, -0.15) is 0 Å². The molecule has 16 heteroatoms. The predicted octanol–water partition coefficient (Wildman–Crippen LogP) is 3.67. The number of esters is 1. The number of phenols is 3. The number of ether oxygens (including phenoxy) is 7. The van der Waals surface area contributed by atoms with E-state index in [9.17, 15) is 39.6 Å². The lowest BCUT2D eigenvalue weighted by Crippen LogP contribution is -2.57. The summed E-state index contributed by atoms with van der Waals surface area (Å²) in [6.45, 7) is 7.09. The smallest absolute Gasteiger partial charge is 0.316 e. The van der Waals surface area contributed by atoms with Crippen molar-refractivity contribution in [3.05, 3.63) is 63.7 Å². The quantitative estimate of drug-likeness (QED) is 0.179. The molecule has 2 aromatic rings. The summed E-state index contributed by atoms with van der Waals surface area (Å²) in [4.78, 5) is 55.0. The van der Waals surface area contributed by atoms with E-state index in [1.165, 1.54) is 12.1 Å². The molecule has 4 N–H and O–H groups in total. The SMILES string of the molecule is CCC1(O)CC(OC2CC(N(C)C)C(OC3CCC(OC4C=CC(=O)C(C)O4)C(C)O3)C(C)O2)c2c(cc3c(c2O)C(=O)c2c(O)ccc(O)c2C3=O)C1C(=O)OC. The first-order chi connectivity index (χ1) is 27.5. The number of nitrogens with zero attached hydrogens (tertiary/aromatic N) is 1. The summed E-state index contributed by atoms with van der Waals surface area (Å²) in [7, 11) is 4.94. The lowest BCUT2D eigenvalue weighted by molar-refractivity contribution is -0.308. The Bertz CT molecular complexity index is 2010. The van der Waals surface area contributed by atoms with E-state index < -0.39 is 106 Å². The van der Waals surface area contributed by atoms with E-state index in [1.807, 2.05) is 32.8 Å². The Kier molecular flexibility index (Phi) is 11.6. The molecule has 16 nitrogen and oxygen atoms in total. The fourth-order valence-electron chi connectivity index (χ4n) is 9.00. The van der Waals surface area contributed by atoms with Crippen LogP contribution < -0.4 is 0 Å². The molecule has 314 valence electrons. The average Bonchev–Trinajstić information content (AvgIpc) is 3.17. The number of carbonyl (C=O) groups excluding carboxylic acids is 4. The lowest BCUT2D eigenvalue weighted by atomic mass is 9.67. The van der Waals surface area contributed by atoms with Gasteiger partial charge in [0.15, 0.2) is 30.4 Å². The van der Waals surface area contributed by atoms with Gasteiger partial charge in [-0.25, -0.2) is 0 Å². The predicted molar refractivity (Wildman–Crippen MR) is 201 cm³/mol. The molecule has 0 radical (unpaired) electrons. The molecular weight excluding hydrogens is 758 g/mol. The van der Waals surface area contributed by atoms with Crippen LogP contribution in [0.3, 0.4) is 0 Å². The Morgan fingerprint density at radius 1 is 0.897 bits per heavy atom. The minimum absolute atomic E-state index is 0.0101. The van der Waals surface area contributed by atoms with Crippen molar-refractivity contribution >= 4 is 23.3 Å². The number of aliphatic hydroxyl groups is 1. The molecule has 7 rings (SSSR count). The third-order valence-corrected chi connectivity index (χ3v) is 12.2. The van der Waals surface area contributed by atoms with Gasteiger partial charge in [-0.1, -0.05) is 6.92 Å². The monoisotopic (exact) mass is 809 g/mol. The van der Waals surface area contributed by atoms with Crippen LogP contribution in [0, 0.1) is 0 Å². The number of aromatic hydroxyl groups is 3. The molecule has 58 heavy (non-hydrogen) atoms.